The first-order valence-corrected chi connectivity index (χ1v) is 8.61. The van der Waals surface area contributed by atoms with Gasteiger partial charge >= 0.3 is 0 Å². The molecule has 0 aliphatic rings. The summed E-state index contributed by atoms with van der Waals surface area (Å²) in [5.41, 5.74) is 3.30. The van der Waals surface area contributed by atoms with E-state index in [0.29, 0.717) is 6.61 Å². The van der Waals surface area contributed by atoms with Gasteiger partial charge in [0, 0.05) is 22.4 Å². The second kappa shape index (κ2) is 6.40. The molecule has 4 heteroatoms. The van der Waals surface area contributed by atoms with Crippen LogP contribution in [-0.2, 0) is 4.74 Å². The summed E-state index contributed by atoms with van der Waals surface area (Å²) < 4.78 is 6.75. The largest absolute Gasteiger partial charge is 0.366 e. The molecule has 0 saturated carbocycles. The average Bonchev–Trinajstić information content (AvgIpc) is 3.00. The van der Waals surface area contributed by atoms with Crippen LogP contribution in [-0.4, -0.2) is 22.5 Å². The van der Waals surface area contributed by atoms with Crippen molar-refractivity contribution >= 4 is 21.4 Å². The minimum Gasteiger partial charge on any atom is -0.366 e. The van der Waals surface area contributed by atoms with Crippen LogP contribution in [0, 0.1) is 0 Å². The van der Waals surface area contributed by atoms with Crippen molar-refractivity contribution < 1.29 is 9.84 Å². The van der Waals surface area contributed by atoms with E-state index in [9.17, 15) is 5.11 Å². The highest BCUT2D eigenvalue weighted by molar-refractivity contribution is 7.17. The fourth-order valence-corrected chi connectivity index (χ4v) is 3.44. The van der Waals surface area contributed by atoms with Crippen molar-refractivity contribution in [2.24, 2.45) is 0 Å². The molecule has 0 saturated heterocycles. The molecule has 0 amide bonds. The molecule has 2 heterocycles. The number of rotatable bonds is 5. The Kier molecular flexibility index (Phi) is 4.48. The zero-order valence-corrected chi connectivity index (χ0v) is 14.4. The Bertz CT molecular complexity index is 804. The zero-order chi connectivity index (χ0) is 16.4. The van der Waals surface area contributed by atoms with Gasteiger partial charge < -0.3 is 9.84 Å². The van der Waals surface area contributed by atoms with Crippen LogP contribution in [0.1, 0.15) is 32.3 Å². The van der Waals surface area contributed by atoms with Gasteiger partial charge in [-0.3, -0.25) is 4.98 Å². The van der Waals surface area contributed by atoms with Crippen LogP contribution in [0.4, 0.5) is 0 Å². The van der Waals surface area contributed by atoms with Gasteiger partial charge in [-0.05, 0) is 48.4 Å². The van der Waals surface area contributed by atoms with Crippen LogP contribution in [0.25, 0.3) is 21.3 Å². The molecule has 0 aliphatic heterocycles. The van der Waals surface area contributed by atoms with Gasteiger partial charge in [-0.2, -0.15) is 0 Å². The van der Waals surface area contributed by atoms with Crippen LogP contribution >= 0.6 is 11.3 Å². The summed E-state index contributed by atoms with van der Waals surface area (Å²) in [5, 5.41) is 13.1. The summed E-state index contributed by atoms with van der Waals surface area (Å²) in [6.07, 6.45) is 1.84. The molecule has 1 aromatic carbocycles. The van der Waals surface area contributed by atoms with Crippen molar-refractivity contribution in [2.45, 2.75) is 32.5 Å². The molecule has 120 valence electrons. The van der Waals surface area contributed by atoms with E-state index >= 15 is 0 Å². The molecule has 0 fully saturated rings. The quantitative estimate of drug-likeness (QED) is 0.684. The van der Waals surface area contributed by atoms with Crippen LogP contribution in [0.3, 0.4) is 0 Å². The Labute approximate surface area is 140 Å². The number of thiophene rings is 1. The molecular formula is C19H21NO2S. The maximum Gasteiger partial charge on any atom is 0.159 e. The van der Waals surface area contributed by atoms with Crippen molar-refractivity contribution in [2.75, 3.05) is 6.61 Å². The van der Waals surface area contributed by atoms with Crippen LogP contribution in [0.5, 0.6) is 0 Å². The van der Waals surface area contributed by atoms with E-state index in [1.54, 1.807) is 25.2 Å². The molecule has 0 bridgehead atoms. The number of aromatic nitrogens is 1. The predicted octanol–water partition coefficient (Wildman–Crippen LogP) is 4.81. The van der Waals surface area contributed by atoms with E-state index in [4.69, 9.17) is 4.74 Å². The molecule has 0 radical (unpaired) electrons. The van der Waals surface area contributed by atoms with E-state index < -0.39 is 5.79 Å². The molecule has 2 aromatic heterocycles. The maximum atomic E-state index is 9.71. The summed E-state index contributed by atoms with van der Waals surface area (Å²) in [4.78, 5) is 4.55. The van der Waals surface area contributed by atoms with Crippen LogP contribution in [0.15, 0.2) is 48.0 Å². The Hall–Kier alpha value is -1.75. The second-order valence-electron chi connectivity index (χ2n) is 6.28. The number of hydrogen-bond donors (Lipinski definition) is 1. The molecule has 3 aromatic rings. The highest BCUT2D eigenvalue weighted by Gasteiger charge is 2.16. The molecule has 23 heavy (non-hydrogen) atoms. The minimum atomic E-state index is -1.10. The van der Waals surface area contributed by atoms with Crippen molar-refractivity contribution in [3.63, 3.8) is 0 Å². The molecule has 1 N–H and O–H groups in total. The number of aliphatic hydroxyl groups is 1. The lowest BCUT2D eigenvalue weighted by Gasteiger charge is -2.21. The predicted molar refractivity (Wildman–Crippen MR) is 95.7 cm³/mol. The molecule has 3 rings (SSSR count). The summed E-state index contributed by atoms with van der Waals surface area (Å²) >= 11 is 1.74. The molecule has 1 atom stereocenters. The highest BCUT2D eigenvalue weighted by Crippen LogP contribution is 2.32. The van der Waals surface area contributed by atoms with E-state index in [0.717, 1.165) is 16.8 Å². The van der Waals surface area contributed by atoms with Crippen molar-refractivity contribution in [3.05, 3.63) is 53.5 Å². The van der Waals surface area contributed by atoms with E-state index in [1.165, 1.54) is 10.1 Å². The van der Waals surface area contributed by atoms with Crippen molar-refractivity contribution in [1.82, 2.24) is 4.98 Å². The zero-order valence-electron chi connectivity index (χ0n) is 13.6. The fraction of sp³-hybridized carbons (Fsp3) is 0.316. The third-order valence-electron chi connectivity index (χ3n) is 3.79. The molecule has 0 spiro atoms. The number of pyridine rings is 1. The lowest BCUT2D eigenvalue weighted by atomic mass is 10.00. The Morgan fingerprint density at radius 2 is 2.09 bits per heavy atom. The molecule has 3 nitrogen and oxygen atoms in total. The van der Waals surface area contributed by atoms with Crippen molar-refractivity contribution in [3.8, 4) is 11.3 Å². The van der Waals surface area contributed by atoms with Gasteiger partial charge in [-0.1, -0.05) is 25.1 Å². The number of ether oxygens (including phenoxy) is 1. The number of hydrogen-bond acceptors (Lipinski definition) is 4. The lowest BCUT2D eigenvalue weighted by molar-refractivity contribution is -0.178. The average molecular weight is 327 g/mol. The Morgan fingerprint density at radius 3 is 2.87 bits per heavy atom. The minimum absolute atomic E-state index is 0.186. The van der Waals surface area contributed by atoms with Crippen LogP contribution < -0.4 is 0 Å². The molecular weight excluding hydrogens is 306 g/mol. The van der Waals surface area contributed by atoms with Gasteiger partial charge in [0.2, 0.25) is 0 Å². The van der Waals surface area contributed by atoms with Gasteiger partial charge in [0.1, 0.15) is 0 Å². The fourth-order valence-electron chi connectivity index (χ4n) is 2.52. The van der Waals surface area contributed by atoms with Gasteiger partial charge in [0.25, 0.3) is 0 Å². The first-order valence-electron chi connectivity index (χ1n) is 7.73. The topological polar surface area (TPSA) is 42.4 Å². The van der Waals surface area contributed by atoms with Crippen LogP contribution in [0.2, 0.25) is 0 Å². The number of benzene rings is 1. The summed E-state index contributed by atoms with van der Waals surface area (Å²) in [6, 6.07) is 12.6. The lowest BCUT2D eigenvalue weighted by Crippen LogP contribution is -2.25. The first kappa shape index (κ1) is 16.1. The smallest absolute Gasteiger partial charge is 0.159 e. The van der Waals surface area contributed by atoms with E-state index in [-0.39, 0.29) is 5.92 Å². The Morgan fingerprint density at radius 1 is 1.26 bits per heavy atom. The molecule has 1 unspecified atom stereocenters. The van der Waals surface area contributed by atoms with Gasteiger partial charge in [0.15, 0.2) is 5.79 Å². The SMILES string of the molecule is CC(COC(C)(C)O)c1ccnc(-c2cccc3ccsc23)c1. The normalized spacial score (nSPS) is 13.4. The summed E-state index contributed by atoms with van der Waals surface area (Å²) in [6.45, 7) is 5.86. The van der Waals surface area contributed by atoms with Gasteiger partial charge in [-0.25, -0.2) is 0 Å². The molecule has 0 aliphatic carbocycles. The summed E-state index contributed by atoms with van der Waals surface area (Å²) in [5.74, 6) is -0.919. The van der Waals surface area contributed by atoms with Gasteiger partial charge in [-0.15, -0.1) is 11.3 Å². The summed E-state index contributed by atoms with van der Waals surface area (Å²) in [7, 11) is 0. The second-order valence-corrected chi connectivity index (χ2v) is 7.19. The first-order chi connectivity index (χ1) is 10.9. The number of fused-ring (bicyclic) bond motifs is 1. The van der Waals surface area contributed by atoms with E-state index in [2.05, 4.69) is 47.6 Å². The number of nitrogens with zero attached hydrogens (tertiary/aromatic N) is 1. The third kappa shape index (κ3) is 3.78. The van der Waals surface area contributed by atoms with E-state index in [1.807, 2.05) is 12.3 Å². The highest BCUT2D eigenvalue weighted by atomic mass is 32.1. The van der Waals surface area contributed by atoms with Gasteiger partial charge in [0.05, 0.1) is 12.3 Å². The third-order valence-corrected chi connectivity index (χ3v) is 4.76. The Balaban J connectivity index is 1.89. The monoisotopic (exact) mass is 327 g/mol. The standard InChI is InChI=1S/C19H21NO2S/c1-13(12-22-19(2,3)21)15-7-9-20-17(11-15)16-6-4-5-14-8-10-23-18(14)16/h4-11,13,21H,12H2,1-3H3. The maximum absolute atomic E-state index is 9.71. The van der Waals surface area contributed by atoms with Crippen molar-refractivity contribution in [1.29, 1.82) is 0 Å².